The Morgan fingerprint density at radius 2 is 2.00 bits per heavy atom. The van der Waals surface area contributed by atoms with Crippen LogP contribution in [-0.2, 0) is 4.79 Å². The Bertz CT molecular complexity index is 76.6. The molecule has 0 bridgehead atoms. The number of carbonyl (C=O) groups excluding carboxylic acids is 1. The average Bonchev–Trinajstić information content (AvgIpc) is 1.90. The van der Waals surface area contributed by atoms with Crippen LogP contribution in [0.15, 0.2) is 0 Å². The van der Waals surface area contributed by atoms with E-state index in [4.69, 9.17) is 0 Å². The zero-order chi connectivity index (χ0) is 5.82. The monoisotopic (exact) mass is 130 g/mol. The molecular weight excluding hydrogens is 119 g/mol. The lowest BCUT2D eigenvalue weighted by Crippen LogP contribution is -2.08. The summed E-state index contributed by atoms with van der Waals surface area (Å²) in [6.45, 7) is 0. The van der Waals surface area contributed by atoms with Crippen molar-refractivity contribution in [3.8, 4) is 0 Å². The Kier molecular flexibility index (Phi) is 2.48. The molecule has 0 amide bonds. The van der Waals surface area contributed by atoms with Gasteiger partial charge in [0.05, 0.1) is 0 Å². The van der Waals surface area contributed by atoms with Gasteiger partial charge in [0.2, 0.25) is 0 Å². The van der Waals surface area contributed by atoms with Crippen LogP contribution in [0.5, 0.6) is 0 Å². The van der Waals surface area contributed by atoms with Crippen molar-refractivity contribution in [3.63, 3.8) is 0 Å². The maximum atomic E-state index is 10.2. The molecular formula is C6H11OP. The molecule has 2 heteroatoms. The fourth-order valence-electron chi connectivity index (χ4n) is 0.980. The van der Waals surface area contributed by atoms with Gasteiger partial charge in [0.1, 0.15) is 6.29 Å². The van der Waals surface area contributed by atoms with Gasteiger partial charge in [-0.15, -0.1) is 8.58 Å². The molecule has 0 N–H and O–H groups in total. The van der Waals surface area contributed by atoms with Gasteiger partial charge in [-0.05, 0) is 25.2 Å². The maximum absolute atomic E-state index is 10.2. The first-order valence-electron chi connectivity index (χ1n) is 3.09. The van der Waals surface area contributed by atoms with E-state index in [1.807, 2.05) is 0 Å². The lowest BCUT2D eigenvalue weighted by atomic mass is 10.1. The molecule has 0 aliphatic carbocycles. The highest BCUT2D eigenvalue weighted by atomic mass is 31.1. The first-order chi connectivity index (χ1) is 3.93. The smallest absolute Gasteiger partial charge is 0.123 e. The minimum Gasteiger partial charge on any atom is -0.303 e. The summed E-state index contributed by atoms with van der Waals surface area (Å²) >= 11 is 0. The van der Waals surface area contributed by atoms with Gasteiger partial charge in [-0.25, -0.2) is 0 Å². The summed E-state index contributed by atoms with van der Waals surface area (Å²) in [5, 5.41) is 0. The Morgan fingerprint density at radius 1 is 1.38 bits per heavy atom. The van der Waals surface area contributed by atoms with E-state index in [1.165, 1.54) is 12.3 Å². The molecule has 1 aliphatic heterocycles. The molecule has 0 atom stereocenters. The van der Waals surface area contributed by atoms with Gasteiger partial charge in [0.15, 0.2) is 0 Å². The molecule has 0 saturated carbocycles. The third-order valence-electron chi connectivity index (χ3n) is 1.58. The maximum Gasteiger partial charge on any atom is 0.123 e. The summed E-state index contributed by atoms with van der Waals surface area (Å²) in [6.07, 6.45) is 6.01. The minimum absolute atomic E-state index is 0.413. The van der Waals surface area contributed by atoms with Crippen LogP contribution in [0.2, 0.25) is 0 Å². The summed E-state index contributed by atoms with van der Waals surface area (Å²) in [4.78, 5) is 10.2. The van der Waals surface area contributed by atoms with Gasteiger partial charge in [-0.2, -0.15) is 0 Å². The molecule has 1 rings (SSSR count). The van der Waals surface area contributed by atoms with E-state index in [0.717, 1.165) is 27.7 Å². The van der Waals surface area contributed by atoms with E-state index < -0.39 is 0 Å². The zero-order valence-corrected chi connectivity index (χ0v) is 5.89. The van der Waals surface area contributed by atoms with Gasteiger partial charge < -0.3 is 4.79 Å². The summed E-state index contributed by atoms with van der Waals surface area (Å²) in [5.74, 6) is 0.413. The Labute approximate surface area is 51.6 Å². The molecule has 1 nitrogen and oxygen atoms in total. The summed E-state index contributed by atoms with van der Waals surface area (Å²) in [6, 6.07) is 0. The van der Waals surface area contributed by atoms with Crippen LogP contribution in [0.4, 0.5) is 0 Å². The van der Waals surface area contributed by atoms with Crippen molar-refractivity contribution >= 4 is 14.9 Å². The Morgan fingerprint density at radius 3 is 2.38 bits per heavy atom. The van der Waals surface area contributed by atoms with Crippen LogP contribution in [0.25, 0.3) is 0 Å². The fraction of sp³-hybridized carbons (Fsp3) is 0.833. The second-order valence-corrected chi connectivity index (χ2v) is 3.72. The topological polar surface area (TPSA) is 17.1 Å². The summed E-state index contributed by atoms with van der Waals surface area (Å²) in [7, 11) is 1.13. The van der Waals surface area contributed by atoms with Gasteiger partial charge in [-0.3, -0.25) is 0 Å². The Balaban J connectivity index is 2.22. The summed E-state index contributed by atoms with van der Waals surface area (Å²) in [5.41, 5.74) is 0. The lowest BCUT2D eigenvalue weighted by molar-refractivity contribution is -0.111. The van der Waals surface area contributed by atoms with Crippen LogP contribution in [0.3, 0.4) is 0 Å². The molecule has 1 heterocycles. The molecule has 1 saturated heterocycles. The van der Waals surface area contributed by atoms with Crippen molar-refractivity contribution in [2.24, 2.45) is 5.92 Å². The second-order valence-electron chi connectivity index (χ2n) is 2.22. The van der Waals surface area contributed by atoms with E-state index in [1.54, 1.807) is 0 Å². The Hall–Kier alpha value is 0.100. The van der Waals surface area contributed by atoms with Crippen molar-refractivity contribution in [3.05, 3.63) is 0 Å². The third kappa shape index (κ3) is 1.56. The van der Waals surface area contributed by atoms with Gasteiger partial charge in [0, 0.05) is 5.92 Å². The van der Waals surface area contributed by atoms with Crippen LogP contribution in [-0.4, -0.2) is 18.6 Å². The molecule has 1 fully saturated rings. The number of carbonyl (C=O) groups is 1. The number of rotatable bonds is 1. The van der Waals surface area contributed by atoms with Gasteiger partial charge >= 0.3 is 0 Å². The third-order valence-corrected chi connectivity index (χ3v) is 2.86. The lowest BCUT2D eigenvalue weighted by Gasteiger charge is -2.14. The molecule has 0 spiro atoms. The summed E-state index contributed by atoms with van der Waals surface area (Å²) < 4.78 is 0. The highest BCUT2D eigenvalue weighted by Gasteiger charge is 2.10. The SMILES string of the molecule is O=CC1CCPCC1. The second kappa shape index (κ2) is 3.19. The van der Waals surface area contributed by atoms with E-state index in [2.05, 4.69) is 0 Å². The molecule has 1 aliphatic rings. The van der Waals surface area contributed by atoms with Gasteiger partial charge in [0.25, 0.3) is 0 Å². The van der Waals surface area contributed by atoms with Gasteiger partial charge in [-0.1, -0.05) is 0 Å². The van der Waals surface area contributed by atoms with Crippen molar-refractivity contribution in [1.29, 1.82) is 0 Å². The van der Waals surface area contributed by atoms with Crippen LogP contribution >= 0.6 is 8.58 Å². The molecule has 0 radical (unpaired) electrons. The molecule has 0 aromatic heterocycles. The minimum atomic E-state index is 0.413. The standard InChI is InChI=1S/C6H11OP/c7-5-6-1-3-8-4-2-6/h5-6,8H,1-4H2. The fourth-order valence-corrected chi connectivity index (χ4v) is 2.38. The highest BCUT2D eigenvalue weighted by Crippen LogP contribution is 2.25. The molecule has 0 unspecified atom stereocenters. The normalized spacial score (nSPS) is 32.8. The van der Waals surface area contributed by atoms with Crippen LogP contribution < -0.4 is 0 Å². The van der Waals surface area contributed by atoms with E-state index >= 15 is 0 Å². The predicted molar refractivity (Wildman–Crippen MR) is 36.8 cm³/mol. The highest BCUT2D eigenvalue weighted by molar-refractivity contribution is 7.38. The number of hydrogen-bond acceptors (Lipinski definition) is 1. The molecule has 8 heavy (non-hydrogen) atoms. The van der Waals surface area contributed by atoms with E-state index in [-0.39, 0.29) is 0 Å². The zero-order valence-electron chi connectivity index (χ0n) is 4.89. The molecule has 0 aromatic rings. The van der Waals surface area contributed by atoms with Crippen molar-refractivity contribution in [2.75, 3.05) is 12.3 Å². The van der Waals surface area contributed by atoms with Crippen molar-refractivity contribution < 1.29 is 4.79 Å². The first-order valence-corrected chi connectivity index (χ1v) is 4.51. The largest absolute Gasteiger partial charge is 0.303 e. The number of aldehydes is 1. The quantitative estimate of drug-likeness (QED) is 0.386. The van der Waals surface area contributed by atoms with Crippen molar-refractivity contribution in [2.45, 2.75) is 12.8 Å². The molecule has 0 aromatic carbocycles. The average molecular weight is 130 g/mol. The first kappa shape index (κ1) is 6.22. The van der Waals surface area contributed by atoms with Crippen LogP contribution in [0, 0.1) is 5.92 Å². The number of hydrogen-bond donors (Lipinski definition) is 0. The van der Waals surface area contributed by atoms with Crippen LogP contribution in [0.1, 0.15) is 12.8 Å². The van der Waals surface area contributed by atoms with E-state index in [0.29, 0.717) is 5.92 Å². The van der Waals surface area contributed by atoms with Crippen molar-refractivity contribution in [1.82, 2.24) is 0 Å². The predicted octanol–water partition coefficient (Wildman–Crippen LogP) is 1.27. The molecule has 46 valence electrons. The van der Waals surface area contributed by atoms with E-state index in [9.17, 15) is 4.79 Å².